The van der Waals surface area contributed by atoms with E-state index in [1.54, 1.807) is 20.0 Å². The maximum Gasteiger partial charge on any atom is 0.315 e. The van der Waals surface area contributed by atoms with Gasteiger partial charge in [0.2, 0.25) is 18.7 Å². The molecule has 2 rings (SSSR count). The van der Waals surface area contributed by atoms with E-state index in [1.807, 2.05) is 74.1 Å². The monoisotopic (exact) mass is 929 g/mol. The zero-order chi connectivity index (χ0) is 52.1. The lowest BCUT2D eigenvalue weighted by Gasteiger charge is -2.38. The average Bonchev–Trinajstić information content (AvgIpc) is 3.83. The van der Waals surface area contributed by atoms with Crippen molar-refractivity contribution in [3.63, 3.8) is 0 Å². The predicted octanol–water partition coefficient (Wildman–Crippen LogP) is 10.9. The molecule has 0 aromatic heterocycles. The Morgan fingerprint density at radius 2 is 1.23 bits per heavy atom. The molecule has 2 aliphatic carbocycles. The fourth-order valence-electron chi connectivity index (χ4n) is 7.28. The second-order valence-electron chi connectivity index (χ2n) is 15.9. The van der Waals surface area contributed by atoms with Crippen molar-refractivity contribution < 1.29 is 33.6 Å². The molecule has 65 heavy (non-hydrogen) atoms. The summed E-state index contributed by atoms with van der Waals surface area (Å²) in [6.45, 7) is 37.2. The van der Waals surface area contributed by atoms with Crippen LogP contribution < -0.4 is 26.6 Å². The molecule has 2 fully saturated rings. The van der Waals surface area contributed by atoms with Crippen LogP contribution in [0, 0.1) is 10.8 Å². The van der Waals surface area contributed by atoms with Crippen LogP contribution in [0.25, 0.3) is 0 Å². The second kappa shape index (κ2) is 56.5. The van der Waals surface area contributed by atoms with Crippen LogP contribution >= 0.6 is 0 Å². The molecule has 0 aliphatic heterocycles. The summed E-state index contributed by atoms with van der Waals surface area (Å²) in [6.07, 6.45) is 24.0. The largest absolute Gasteiger partial charge is 0.362 e. The van der Waals surface area contributed by atoms with E-state index < -0.39 is 0 Å². The van der Waals surface area contributed by atoms with Crippen LogP contribution in [-0.4, -0.2) is 99.9 Å². The van der Waals surface area contributed by atoms with Crippen LogP contribution in [-0.2, 0) is 28.8 Å². The van der Waals surface area contributed by atoms with Gasteiger partial charge in [0.05, 0.1) is 18.1 Å². The number of nitrogens with zero attached hydrogens (tertiary/aromatic N) is 1. The summed E-state index contributed by atoms with van der Waals surface area (Å²) < 4.78 is 0. The molecule has 0 heterocycles. The first kappa shape index (κ1) is 75.7. The van der Waals surface area contributed by atoms with Crippen molar-refractivity contribution in [1.29, 1.82) is 0 Å². The third kappa shape index (κ3) is 41.6. The topological polar surface area (TPSA) is 183 Å². The molecule has 388 valence electrons. The molecule has 13 heteroatoms. The van der Waals surface area contributed by atoms with E-state index in [9.17, 15) is 24.0 Å². The number of carbonyl (C=O) groups excluding carboxylic acids is 7. The van der Waals surface area contributed by atoms with Crippen molar-refractivity contribution in [2.45, 2.75) is 244 Å². The fraction of sp³-hybridized carbons (Fsp3) is 0.827. The van der Waals surface area contributed by atoms with Crippen molar-refractivity contribution in [3.8, 4) is 0 Å². The van der Waals surface area contributed by atoms with E-state index in [-0.39, 0.29) is 47.3 Å². The van der Waals surface area contributed by atoms with E-state index >= 15 is 0 Å². The molecule has 0 radical (unpaired) electrons. The maximum atomic E-state index is 12.5. The van der Waals surface area contributed by atoms with Gasteiger partial charge in [-0.05, 0) is 89.1 Å². The van der Waals surface area contributed by atoms with Gasteiger partial charge in [-0.3, -0.25) is 24.1 Å². The smallest absolute Gasteiger partial charge is 0.315 e. The van der Waals surface area contributed by atoms with E-state index in [0.717, 1.165) is 77.0 Å². The number of unbranched alkanes of at least 4 members (excludes halogenated alkanes) is 1. The lowest BCUT2D eigenvalue weighted by molar-refractivity contribution is -0.130. The third-order valence-electron chi connectivity index (χ3n) is 11.3. The van der Waals surface area contributed by atoms with Crippen LogP contribution in [0.3, 0.4) is 0 Å². The highest BCUT2D eigenvalue weighted by molar-refractivity contribution is 5.89. The minimum atomic E-state index is -0.378. The zero-order valence-electron chi connectivity index (χ0n) is 45.5. The van der Waals surface area contributed by atoms with E-state index in [4.69, 9.17) is 9.59 Å². The van der Waals surface area contributed by atoms with Gasteiger partial charge in [-0.25, -0.2) is 4.79 Å². The van der Waals surface area contributed by atoms with Crippen molar-refractivity contribution in [2.75, 3.05) is 27.2 Å². The van der Waals surface area contributed by atoms with Gasteiger partial charge in [0, 0.05) is 19.6 Å². The van der Waals surface area contributed by atoms with Crippen molar-refractivity contribution >= 4 is 43.6 Å². The SMILES string of the molecule is C=CCNC=O.C=O.CC.CC.CC.CCC.CCC(CCC1(CC)CCCC1)NC(=O)NC(C=O)C1(C)CCCCC1.CCCCC(NC(=O)C(CC)N(C)CC)C(C)=O.CNC=O. The van der Waals surface area contributed by atoms with E-state index in [2.05, 4.69) is 74.7 Å². The number of likely N-dealkylation sites (N-methyl/N-ethyl adjacent to an activating group) is 1. The van der Waals surface area contributed by atoms with Gasteiger partial charge in [-0.15, -0.1) is 6.58 Å². The Labute approximate surface area is 401 Å². The molecule has 2 saturated carbocycles. The lowest BCUT2D eigenvalue weighted by atomic mass is 9.71. The Kier molecular flexibility index (Phi) is 65.8. The molecule has 0 aromatic carbocycles. The highest BCUT2D eigenvalue weighted by Crippen LogP contribution is 2.45. The fourth-order valence-corrected chi connectivity index (χ4v) is 7.28. The zero-order valence-corrected chi connectivity index (χ0v) is 45.5. The normalized spacial score (nSPS) is 15.0. The molecule has 4 atom stereocenters. The summed E-state index contributed by atoms with van der Waals surface area (Å²) in [5, 5.41) is 13.7. The average molecular weight is 929 g/mol. The Bertz CT molecular complexity index is 1070. The van der Waals surface area contributed by atoms with Gasteiger partial charge in [0.25, 0.3) is 0 Å². The van der Waals surface area contributed by atoms with Gasteiger partial charge in [0.1, 0.15) is 13.1 Å². The quantitative estimate of drug-likeness (QED) is 0.0404. The van der Waals surface area contributed by atoms with Gasteiger partial charge < -0.3 is 36.2 Å². The molecule has 13 nitrogen and oxygen atoms in total. The number of nitrogens with one attached hydrogen (secondary N) is 5. The maximum absolute atomic E-state index is 12.5. The van der Waals surface area contributed by atoms with Gasteiger partial charge in [-0.1, -0.05) is 161 Å². The number of ketones is 1. The van der Waals surface area contributed by atoms with Crippen LogP contribution in [0.4, 0.5) is 4.79 Å². The first-order chi connectivity index (χ1) is 31.2. The number of hydrogen-bond acceptors (Lipinski definition) is 8. The Balaban J connectivity index is -0.000000149. The molecule has 0 bridgehead atoms. The van der Waals surface area contributed by atoms with Crippen LogP contribution in [0.15, 0.2) is 12.7 Å². The van der Waals surface area contributed by atoms with Crippen molar-refractivity contribution in [3.05, 3.63) is 12.7 Å². The highest BCUT2D eigenvalue weighted by Gasteiger charge is 2.37. The number of rotatable bonds is 22. The molecule has 0 aromatic rings. The van der Waals surface area contributed by atoms with Crippen molar-refractivity contribution in [2.24, 2.45) is 10.8 Å². The molecular weight excluding hydrogens is 821 g/mol. The summed E-state index contributed by atoms with van der Waals surface area (Å²) in [6, 6.07) is -0.810. The summed E-state index contributed by atoms with van der Waals surface area (Å²) in [4.78, 5) is 76.3. The molecule has 2 aliphatic rings. The number of carbonyl (C=O) groups is 7. The number of urea groups is 1. The summed E-state index contributed by atoms with van der Waals surface area (Å²) >= 11 is 0. The molecule has 4 unspecified atom stereocenters. The Hall–Kier alpha value is -3.61. The van der Waals surface area contributed by atoms with Crippen LogP contribution in [0.2, 0.25) is 0 Å². The van der Waals surface area contributed by atoms with Crippen LogP contribution in [0.1, 0.15) is 219 Å². The number of Topliss-reactive ketones (excluding diaryl/α,β-unsaturated/α-hetero) is 1. The van der Waals surface area contributed by atoms with Gasteiger partial charge in [0.15, 0.2) is 5.78 Å². The van der Waals surface area contributed by atoms with Crippen molar-refractivity contribution in [1.82, 2.24) is 31.5 Å². The van der Waals surface area contributed by atoms with E-state index in [1.165, 1.54) is 51.4 Å². The molecule has 0 spiro atoms. The second-order valence-corrected chi connectivity index (χ2v) is 15.9. The van der Waals surface area contributed by atoms with Gasteiger partial charge >= 0.3 is 6.03 Å². The minimum Gasteiger partial charge on any atom is -0.362 e. The molecular formula is C52H108N6O7. The Morgan fingerprint density at radius 3 is 1.57 bits per heavy atom. The minimum absolute atomic E-state index is 0.0295. The molecule has 5 amide bonds. The van der Waals surface area contributed by atoms with Crippen LogP contribution in [0.5, 0.6) is 0 Å². The highest BCUT2D eigenvalue weighted by atomic mass is 16.2. The summed E-state index contributed by atoms with van der Waals surface area (Å²) in [5.41, 5.74) is 0.418. The number of amides is 5. The summed E-state index contributed by atoms with van der Waals surface area (Å²) in [7, 11) is 3.50. The predicted molar refractivity (Wildman–Crippen MR) is 278 cm³/mol. The molecule has 5 N–H and O–H groups in total. The van der Waals surface area contributed by atoms with E-state index in [0.29, 0.717) is 24.8 Å². The van der Waals surface area contributed by atoms with Gasteiger partial charge in [-0.2, -0.15) is 0 Å². The third-order valence-corrected chi connectivity index (χ3v) is 11.3. The Morgan fingerprint density at radius 1 is 0.738 bits per heavy atom. The number of aldehydes is 1. The molecule has 0 saturated heterocycles. The number of hydrogen-bond donors (Lipinski definition) is 5. The lowest BCUT2D eigenvalue weighted by Crippen LogP contribution is -2.53. The summed E-state index contributed by atoms with van der Waals surface area (Å²) in [5.74, 6) is 0.0176. The first-order valence-electron chi connectivity index (χ1n) is 25.4. The standard InChI is InChI=1S/C22H40N2O2.C14H28N2O2.C4H7NO.C3H8.C2H5NO.3C2H6.CH2O/c1-4-18(11-16-22(5-2)14-9-10-15-22)23-20(26)24-19(17-25)21(3)12-7-6-8-13-21;1-6-9-10-12(11(4)17)15-14(18)13(7-2)16(5)8-3;1-2-3-5-4-6;1-3-2;1-3-2-4;4*1-2/h17-19H,4-16H2,1-3H3,(H2,23,24,26);12-13H,6-10H2,1-5H3,(H,15,18);2,4H,1,3H2,(H,5,6);3H2,1-2H3;2H,1H3,(H,3,4);3*1-2H3;1H2. The first-order valence-corrected chi connectivity index (χ1v) is 25.4.